The molecule has 4 N–H and O–H groups in total. The van der Waals surface area contributed by atoms with Gasteiger partial charge in [0.2, 0.25) is 0 Å². The molecule has 0 aliphatic carbocycles. The van der Waals surface area contributed by atoms with Gasteiger partial charge in [0.05, 0.1) is 17.1 Å². The van der Waals surface area contributed by atoms with Crippen molar-refractivity contribution in [2.75, 3.05) is 24.6 Å². The van der Waals surface area contributed by atoms with Crippen LogP contribution >= 0.6 is 23.1 Å². The Kier molecular flexibility index (Phi) is 7.93. The Bertz CT molecular complexity index is 906. The van der Waals surface area contributed by atoms with E-state index in [2.05, 4.69) is 15.0 Å². The molecule has 1 aliphatic heterocycles. The zero-order valence-electron chi connectivity index (χ0n) is 16.3. The second-order valence-electron chi connectivity index (χ2n) is 7.03. The minimum absolute atomic E-state index is 0.0154. The molecule has 7 nitrogen and oxygen atoms in total. The third-order valence-corrected chi connectivity index (χ3v) is 7.88. The number of benzene rings is 1. The normalized spacial score (nSPS) is 15.3. The number of anilines is 1. The maximum Gasteiger partial charge on any atom is 0.262 e. The van der Waals surface area contributed by atoms with Crippen LogP contribution in [0.3, 0.4) is 0 Å². The number of amidine groups is 1. The van der Waals surface area contributed by atoms with Crippen LogP contribution in [-0.4, -0.2) is 43.0 Å². The van der Waals surface area contributed by atoms with Crippen molar-refractivity contribution in [2.24, 2.45) is 0 Å². The second-order valence-corrected chi connectivity index (χ2v) is 10.8. The van der Waals surface area contributed by atoms with Crippen LogP contribution in [-0.2, 0) is 22.3 Å². The van der Waals surface area contributed by atoms with Gasteiger partial charge >= 0.3 is 0 Å². The van der Waals surface area contributed by atoms with Crippen molar-refractivity contribution in [1.82, 2.24) is 14.6 Å². The summed E-state index contributed by atoms with van der Waals surface area (Å²) in [6, 6.07) is 5.93. The predicted molar refractivity (Wildman–Crippen MR) is 121 cm³/mol. The molecule has 0 atom stereocenters. The molecule has 29 heavy (non-hydrogen) atoms. The molecule has 1 aliphatic rings. The van der Waals surface area contributed by atoms with Crippen LogP contribution in [0.5, 0.6) is 0 Å². The fourth-order valence-electron chi connectivity index (χ4n) is 3.07. The van der Waals surface area contributed by atoms with Crippen LogP contribution in [0, 0.1) is 5.41 Å². The van der Waals surface area contributed by atoms with E-state index in [-0.39, 0.29) is 10.7 Å². The van der Waals surface area contributed by atoms with Crippen molar-refractivity contribution in [2.45, 2.75) is 42.9 Å². The molecule has 2 aromatic rings. The highest BCUT2D eigenvalue weighted by Crippen LogP contribution is 2.20. The van der Waals surface area contributed by atoms with Crippen LogP contribution in [0.15, 0.2) is 34.5 Å². The number of rotatable bonds is 9. The quantitative estimate of drug-likeness (QED) is 0.232. The predicted octanol–water partition coefficient (Wildman–Crippen LogP) is 3.29. The maximum atomic E-state index is 12.3. The largest absolute Gasteiger partial charge is 0.399 e. The number of thioether (sulfide) groups is 1. The number of hydrogen-bond acceptors (Lipinski definition) is 8. The van der Waals surface area contributed by atoms with Crippen molar-refractivity contribution < 1.29 is 8.42 Å². The molecule has 0 spiro atoms. The van der Waals surface area contributed by atoms with E-state index in [9.17, 15) is 8.42 Å². The Morgan fingerprint density at radius 2 is 1.97 bits per heavy atom. The lowest BCUT2D eigenvalue weighted by atomic mass is 10.1. The molecule has 0 unspecified atom stereocenters. The Hall–Kier alpha value is -1.62. The van der Waals surface area contributed by atoms with E-state index in [1.807, 2.05) is 0 Å². The summed E-state index contributed by atoms with van der Waals surface area (Å²) in [7, 11) is -3.73. The number of sulfonamides is 1. The Labute approximate surface area is 180 Å². The lowest BCUT2D eigenvalue weighted by Crippen LogP contribution is -2.30. The first-order valence-electron chi connectivity index (χ1n) is 9.61. The van der Waals surface area contributed by atoms with Gasteiger partial charge in [-0.25, -0.2) is 13.4 Å². The summed E-state index contributed by atoms with van der Waals surface area (Å²) in [5, 5.41) is 11.2. The van der Waals surface area contributed by atoms with E-state index >= 15 is 0 Å². The van der Waals surface area contributed by atoms with Gasteiger partial charge in [-0.05, 0) is 50.2 Å². The van der Waals surface area contributed by atoms with Gasteiger partial charge in [-0.15, -0.1) is 11.3 Å². The number of piperidine rings is 1. The van der Waals surface area contributed by atoms with Crippen LogP contribution in [0.1, 0.15) is 36.4 Å². The SMILES string of the molecule is N=C(CCSCc1csc(CN2CCCCC2)n1)NS(=O)(=O)c1ccc(N)cc1. The Morgan fingerprint density at radius 1 is 1.24 bits per heavy atom. The van der Waals surface area contributed by atoms with Gasteiger partial charge in [0.1, 0.15) is 10.8 Å². The van der Waals surface area contributed by atoms with E-state index in [1.165, 1.54) is 43.5 Å². The molecule has 10 heteroatoms. The van der Waals surface area contributed by atoms with Crippen molar-refractivity contribution in [3.63, 3.8) is 0 Å². The fraction of sp³-hybridized carbons (Fsp3) is 0.474. The highest BCUT2D eigenvalue weighted by molar-refractivity contribution is 7.98. The van der Waals surface area contributed by atoms with Gasteiger partial charge < -0.3 is 5.73 Å². The monoisotopic (exact) mass is 453 g/mol. The van der Waals surface area contributed by atoms with Crippen LogP contribution in [0.4, 0.5) is 5.69 Å². The first-order chi connectivity index (χ1) is 13.9. The number of thiazole rings is 1. The Balaban J connectivity index is 1.37. The molecule has 0 amide bonds. The number of nitrogen functional groups attached to an aromatic ring is 1. The smallest absolute Gasteiger partial charge is 0.262 e. The zero-order valence-corrected chi connectivity index (χ0v) is 18.7. The molecule has 1 aromatic carbocycles. The van der Waals surface area contributed by atoms with Gasteiger partial charge in [-0.1, -0.05) is 6.42 Å². The summed E-state index contributed by atoms with van der Waals surface area (Å²) in [6.45, 7) is 3.27. The van der Waals surface area contributed by atoms with Crippen molar-refractivity contribution >= 4 is 44.6 Å². The highest BCUT2D eigenvalue weighted by atomic mass is 32.2. The number of nitrogens with two attached hydrogens (primary N) is 1. The molecule has 3 rings (SSSR count). The van der Waals surface area contributed by atoms with E-state index in [4.69, 9.17) is 16.1 Å². The van der Waals surface area contributed by atoms with Gasteiger partial charge in [-0.3, -0.25) is 15.0 Å². The Morgan fingerprint density at radius 3 is 2.69 bits per heavy atom. The molecular weight excluding hydrogens is 426 g/mol. The van der Waals surface area contributed by atoms with Crippen LogP contribution < -0.4 is 10.5 Å². The zero-order chi connectivity index (χ0) is 20.7. The topological polar surface area (TPSA) is 112 Å². The average Bonchev–Trinajstić information content (AvgIpc) is 3.13. The molecule has 158 valence electrons. The van der Waals surface area contributed by atoms with Crippen molar-refractivity contribution in [3.05, 3.63) is 40.3 Å². The number of hydrogen-bond donors (Lipinski definition) is 3. The minimum atomic E-state index is -3.73. The van der Waals surface area contributed by atoms with Gasteiger partial charge in [-0.2, -0.15) is 11.8 Å². The number of aromatic nitrogens is 1. The van der Waals surface area contributed by atoms with Gasteiger partial charge in [0.15, 0.2) is 0 Å². The first-order valence-corrected chi connectivity index (χ1v) is 13.1. The third-order valence-electron chi connectivity index (χ3n) is 4.60. The lowest BCUT2D eigenvalue weighted by molar-refractivity contribution is 0.220. The molecule has 0 bridgehead atoms. The summed E-state index contributed by atoms with van der Waals surface area (Å²) < 4.78 is 26.8. The molecule has 1 saturated heterocycles. The highest BCUT2D eigenvalue weighted by Gasteiger charge is 2.16. The van der Waals surface area contributed by atoms with Gasteiger partial charge in [0, 0.05) is 29.0 Å². The maximum absolute atomic E-state index is 12.3. The molecule has 0 radical (unpaired) electrons. The number of nitrogens with zero attached hydrogens (tertiary/aromatic N) is 2. The fourth-order valence-corrected chi connectivity index (χ4v) is 5.90. The number of nitrogens with one attached hydrogen (secondary N) is 2. The van der Waals surface area contributed by atoms with Crippen LogP contribution in [0.25, 0.3) is 0 Å². The summed E-state index contributed by atoms with van der Waals surface area (Å²) in [6.07, 6.45) is 4.25. The number of likely N-dealkylation sites (tertiary alicyclic amines) is 1. The average molecular weight is 454 g/mol. The summed E-state index contributed by atoms with van der Waals surface area (Å²) in [5.41, 5.74) is 7.13. The molecule has 1 aromatic heterocycles. The molecule has 1 fully saturated rings. The van der Waals surface area contributed by atoms with E-state index in [0.29, 0.717) is 17.9 Å². The molecular formula is C19H27N5O2S3. The minimum Gasteiger partial charge on any atom is -0.399 e. The van der Waals surface area contributed by atoms with Gasteiger partial charge in [0.25, 0.3) is 10.0 Å². The summed E-state index contributed by atoms with van der Waals surface area (Å²) in [4.78, 5) is 7.28. The van der Waals surface area contributed by atoms with Crippen molar-refractivity contribution in [3.8, 4) is 0 Å². The molecule has 0 saturated carbocycles. The van der Waals surface area contributed by atoms with Crippen molar-refractivity contribution in [1.29, 1.82) is 5.41 Å². The van der Waals surface area contributed by atoms with E-state index in [1.54, 1.807) is 23.1 Å². The van der Waals surface area contributed by atoms with Crippen LogP contribution in [0.2, 0.25) is 0 Å². The lowest BCUT2D eigenvalue weighted by Gasteiger charge is -2.25. The van der Waals surface area contributed by atoms with E-state index in [0.717, 1.165) is 36.1 Å². The molecule has 2 heterocycles. The third kappa shape index (κ3) is 6.98. The second kappa shape index (κ2) is 10.4. The summed E-state index contributed by atoms with van der Waals surface area (Å²) in [5.74, 6) is 1.41. The standard InChI is InChI=1S/C19H27N5O2S3/c20-15-4-6-17(7-5-15)29(25,26)23-18(21)8-11-27-13-16-14-28-19(22-16)12-24-9-2-1-3-10-24/h4-7,14H,1-3,8-13,20H2,(H2,21,23). The first kappa shape index (κ1) is 22.1. The summed E-state index contributed by atoms with van der Waals surface area (Å²) >= 11 is 3.36. The van der Waals surface area contributed by atoms with E-state index < -0.39 is 10.0 Å².